The first-order valence-corrected chi connectivity index (χ1v) is 6.05. The SMILES string of the molecule is Cc1cccc(CC(=O)Cc2cccc(N)c2)c1. The van der Waals surface area contributed by atoms with Gasteiger partial charge in [0, 0.05) is 18.5 Å². The molecule has 0 bridgehead atoms. The predicted octanol–water partition coefficient (Wildman–Crippen LogP) is 2.93. The van der Waals surface area contributed by atoms with Crippen molar-refractivity contribution in [1.82, 2.24) is 0 Å². The van der Waals surface area contributed by atoms with Crippen molar-refractivity contribution in [2.75, 3.05) is 5.73 Å². The Balaban J connectivity index is 2.01. The van der Waals surface area contributed by atoms with Crippen LogP contribution in [-0.4, -0.2) is 5.78 Å². The van der Waals surface area contributed by atoms with E-state index in [1.54, 1.807) is 0 Å². The highest BCUT2D eigenvalue weighted by atomic mass is 16.1. The lowest BCUT2D eigenvalue weighted by atomic mass is 10.0. The Hall–Kier alpha value is -2.09. The number of rotatable bonds is 4. The van der Waals surface area contributed by atoms with Crippen LogP contribution in [0, 0.1) is 6.92 Å². The van der Waals surface area contributed by atoms with Gasteiger partial charge in [-0.15, -0.1) is 0 Å². The quantitative estimate of drug-likeness (QED) is 0.834. The van der Waals surface area contributed by atoms with E-state index in [1.807, 2.05) is 49.4 Å². The molecule has 2 aromatic carbocycles. The van der Waals surface area contributed by atoms with Crippen LogP contribution in [0.4, 0.5) is 5.69 Å². The molecular formula is C16H17NO. The van der Waals surface area contributed by atoms with Gasteiger partial charge in [-0.2, -0.15) is 0 Å². The minimum absolute atomic E-state index is 0.214. The monoisotopic (exact) mass is 239 g/mol. The number of carbonyl (C=O) groups is 1. The number of anilines is 1. The molecule has 0 aromatic heterocycles. The van der Waals surface area contributed by atoms with E-state index < -0.39 is 0 Å². The van der Waals surface area contributed by atoms with E-state index in [4.69, 9.17) is 5.73 Å². The highest BCUT2D eigenvalue weighted by molar-refractivity contribution is 5.83. The fourth-order valence-corrected chi connectivity index (χ4v) is 2.04. The molecule has 2 nitrogen and oxygen atoms in total. The van der Waals surface area contributed by atoms with Gasteiger partial charge in [0.2, 0.25) is 0 Å². The van der Waals surface area contributed by atoms with E-state index in [2.05, 4.69) is 6.07 Å². The smallest absolute Gasteiger partial charge is 0.141 e. The number of benzene rings is 2. The molecular weight excluding hydrogens is 222 g/mol. The van der Waals surface area contributed by atoms with E-state index >= 15 is 0 Å². The van der Waals surface area contributed by atoms with Crippen LogP contribution in [0.15, 0.2) is 48.5 Å². The topological polar surface area (TPSA) is 43.1 Å². The zero-order valence-corrected chi connectivity index (χ0v) is 10.5. The highest BCUT2D eigenvalue weighted by Gasteiger charge is 2.05. The van der Waals surface area contributed by atoms with E-state index in [9.17, 15) is 4.79 Å². The second kappa shape index (κ2) is 5.50. The van der Waals surface area contributed by atoms with Gasteiger partial charge in [-0.1, -0.05) is 42.0 Å². The third-order valence-corrected chi connectivity index (χ3v) is 2.84. The van der Waals surface area contributed by atoms with E-state index in [0.717, 1.165) is 11.1 Å². The number of carbonyl (C=O) groups excluding carboxylic acids is 1. The highest BCUT2D eigenvalue weighted by Crippen LogP contribution is 2.10. The van der Waals surface area contributed by atoms with Crippen molar-refractivity contribution in [3.63, 3.8) is 0 Å². The van der Waals surface area contributed by atoms with Crippen LogP contribution in [0.2, 0.25) is 0 Å². The number of ketones is 1. The van der Waals surface area contributed by atoms with Gasteiger partial charge in [0.05, 0.1) is 0 Å². The molecule has 0 radical (unpaired) electrons. The summed E-state index contributed by atoms with van der Waals surface area (Å²) >= 11 is 0. The molecule has 0 unspecified atom stereocenters. The number of nitrogens with two attached hydrogens (primary N) is 1. The lowest BCUT2D eigenvalue weighted by molar-refractivity contribution is -0.117. The molecule has 92 valence electrons. The first-order valence-electron chi connectivity index (χ1n) is 6.05. The maximum Gasteiger partial charge on any atom is 0.141 e. The summed E-state index contributed by atoms with van der Waals surface area (Å²) in [6.45, 7) is 2.03. The van der Waals surface area contributed by atoms with Gasteiger partial charge in [-0.25, -0.2) is 0 Å². The van der Waals surface area contributed by atoms with E-state index in [-0.39, 0.29) is 5.78 Å². The number of hydrogen-bond acceptors (Lipinski definition) is 2. The van der Waals surface area contributed by atoms with Crippen LogP contribution in [0.3, 0.4) is 0 Å². The summed E-state index contributed by atoms with van der Waals surface area (Å²) in [6.07, 6.45) is 0.926. The molecule has 0 aliphatic rings. The molecule has 2 rings (SSSR count). The predicted molar refractivity (Wildman–Crippen MR) is 74.4 cm³/mol. The molecule has 0 fully saturated rings. The first-order chi connectivity index (χ1) is 8.63. The first kappa shape index (κ1) is 12.4. The van der Waals surface area contributed by atoms with Crippen molar-refractivity contribution in [2.24, 2.45) is 0 Å². The largest absolute Gasteiger partial charge is 0.399 e. The Morgan fingerprint density at radius 2 is 1.61 bits per heavy atom. The summed E-state index contributed by atoms with van der Waals surface area (Å²) < 4.78 is 0. The Morgan fingerprint density at radius 3 is 2.22 bits per heavy atom. The molecule has 0 heterocycles. The molecule has 2 aromatic rings. The minimum Gasteiger partial charge on any atom is -0.399 e. The maximum absolute atomic E-state index is 12.0. The Labute approximate surface area is 107 Å². The third kappa shape index (κ3) is 3.45. The molecule has 0 aliphatic heterocycles. The van der Waals surface area contributed by atoms with Crippen LogP contribution < -0.4 is 5.73 Å². The molecule has 0 amide bonds. The van der Waals surface area contributed by atoms with Crippen LogP contribution in [-0.2, 0) is 17.6 Å². The van der Waals surface area contributed by atoms with Crippen LogP contribution in [0.1, 0.15) is 16.7 Å². The summed E-state index contributed by atoms with van der Waals surface area (Å²) in [5.41, 5.74) is 9.64. The van der Waals surface area contributed by atoms with Crippen LogP contribution >= 0.6 is 0 Å². The second-order valence-corrected chi connectivity index (χ2v) is 4.63. The standard InChI is InChI=1S/C16H17NO/c1-12-4-2-5-13(8-12)10-16(18)11-14-6-3-7-15(17)9-14/h2-9H,10-11,17H2,1H3. The van der Waals surface area contributed by atoms with Gasteiger partial charge in [0.1, 0.15) is 5.78 Å². The number of aryl methyl sites for hydroxylation is 1. The van der Waals surface area contributed by atoms with Gasteiger partial charge >= 0.3 is 0 Å². The minimum atomic E-state index is 0.214. The summed E-state index contributed by atoms with van der Waals surface area (Å²) in [5, 5.41) is 0. The van der Waals surface area contributed by atoms with Crippen molar-refractivity contribution in [1.29, 1.82) is 0 Å². The summed E-state index contributed by atoms with van der Waals surface area (Å²) in [5.74, 6) is 0.214. The number of hydrogen-bond donors (Lipinski definition) is 1. The summed E-state index contributed by atoms with van der Waals surface area (Å²) in [7, 11) is 0. The van der Waals surface area contributed by atoms with Crippen molar-refractivity contribution >= 4 is 11.5 Å². The van der Waals surface area contributed by atoms with Crippen LogP contribution in [0.5, 0.6) is 0 Å². The molecule has 2 N–H and O–H groups in total. The average molecular weight is 239 g/mol. The summed E-state index contributed by atoms with van der Waals surface area (Å²) in [6, 6.07) is 15.6. The van der Waals surface area contributed by atoms with Gasteiger partial charge in [0.25, 0.3) is 0 Å². The fraction of sp³-hybridized carbons (Fsp3) is 0.188. The van der Waals surface area contributed by atoms with Gasteiger partial charge in [-0.3, -0.25) is 4.79 Å². The van der Waals surface area contributed by atoms with Gasteiger partial charge in [-0.05, 0) is 30.2 Å². The van der Waals surface area contributed by atoms with Gasteiger partial charge < -0.3 is 5.73 Å². The second-order valence-electron chi connectivity index (χ2n) is 4.63. The van der Waals surface area contributed by atoms with E-state index in [1.165, 1.54) is 5.56 Å². The molecule has 0 saturated heterocycles. The molecule has 0 saturated carbocycles. The van der Waals surface area contributed by atoms with E-state index in [0.29, 0.717) is 18.5 Å². The molecule has 2 heteroatoms. The fourth-order valence-electron chi connectivity index (χ4n) is 2.04. The van der Waals surface area contributed by atoms with Crippen molar-refractivity contribution in [3.8, 4) is 0 Å². The maximum atomic E-state index is 12.0. The zero-order chi connectivity index (χ0) is 13.0. The molecule has 18 heavy (non-hydrogen) atoms. The zero-order valence-electron chi connectivity index (χ0n) is 10.5. The molecule has 0 atom stereocenters. The lowest BCUT2D eigenvalue weighted by Crippen LogP contribution is -2.06. The normalized spacial score (nSPS) is 10.3. The number of Topliss-reactive ketones (excluding diaryl/α,β-unsaturated/α-hetero) is 1. The van der Waals surface area contributed by atoms with Crippen LogP contribution in [0.25, 0.3) is 0 Å². The number of nitrogen functional groups attached to an aromatic ring is 1. The average Bonchev–Trinajstić information content (AvgIpc) is 2.28. The third-order valence-electron chi connectivity index (χ3n) is 2.84. The Morgan fingerprint density at radius 1 is 1.00 bits per heavy atom. The Kier molecular flexibility index (Phi) is 3.78. The molecule has 0 aliphatic carbocycles. The van der Waals surface area contributed by atoms with Crippen molar-refractivity contribution in [2.45, 2.75) is 19.8 Å². The molecule has 0 spiro atoms. The van der Waals surface area contributed by atoms with Crippen molar-refractivity contribution < 1.29 is 4.79 Å². The summed E-state index contributed by atoms with van der Waals surface area (Å²) in [4.78, 5) is 12.0. The van der Waals surface area contributed by atoms with Gasteiger partial charge in [0.15, 0.2) is 0 Å². The lowest BCUT2D eigenvalue weighted by Gasteiger charge is -2.04. The Bertz CT molecular complexity index is 511. The van der Waals surface area contributed by atoms with Crippen molar-refractivity contribution in [3.05, 3.63) is 65.2 Å².